The Morgan fingerprint density at radius 2 is 1.86 bits per heavy atom. The van der Waals surface area contributed by atoms with Gasteiger partial charge in [-0.05, 0) is 13.8 Å². The molecule has 0 aromatic heterocycles. The smallest absolute Gasteiger partial charge is 0.331 e. The van der Waals surface area contributed by atoms with Gasteiger partial charge in [0.25, 0.3) is 0 Å². The van der Waals surface area contributed by atoms with Crippen molar-refractivity contribution in [1.29, 1.82) is 0 Å². The van der Waals surface area contributed by atoms with Crippen LogP contribution in [0.15, 0.2) is 0 Å². The van der Waals surface area contributed by atoms with E-state index in [4.69, 9.17) is 18.9 Å². The van der Waals surface area contributed by atoms with Gasteiger partial charge in [0.2, 0.25) is 5.91 Å². The number of esters is 2. The van der Waals surface area contributed by atoms with Crippen LogP contribution >= 0.6 is 0 Å². The molecule has 2 heterocycles. The van der Waals surface area contributed by atoms with Crippen molar-refractivity contribution in [3.8, 4) is 0 Å². The third-order valence-corrected chi connectivity index (χ3v) is 3.19. The number of carbonyl (C=O) groups is 3. The highest BCUT2D eigenvalue weighted by atomic mass is 16.8. The molecule has 0 bridgehead atoms. The Bertz CT molecular complexity index is 461. The van der Waals surface area contributed by atoms with E-state index in [9.17, 15) is 14.4 Å². The van der Waals surface area contributed by atoms with Crippen molar-refractivity contribution in [2.45, 2.75) is 57.8 Å². The molecule has 2 aliphatic heterocycles. The fraction of sp³-hybridized carbons (Fsp3) is 0.769. The zero-order valence-corrected chi connectivity index (χ0v) is 12.4. The van der Waals surface area contributed by atoms with Crippen molar-refractivity contribution < 1.29 is 33.3 Å². The minimum Gasteiger partial charge on any atom is -0.462 e. The number of rotatable bonds is 3. The molecular weight excluding hydrogens is 282 g/mol. The third-order valence-electron chi connectivity index (χ3n) is 3.19. The van der Waals surface area contributed by atoms with Crippen LogP contribution in [0.5, 0.6) is 0 Å². The lowest BCUT2D eigenvalue weighted by molar-refractivity contribution is -0.183. The normalized spacial score (nSPS) is 33.8. The van der Waals surface area contributed by atoms with E-state index in [1.54, 1.807) is 13.8 Å². The first-order valence-electron chi connectivity index (χ1n) is 6.66. The van der Waals surface area contributed by atoms with Gasteiger partial charge < -0.3 is 24.3 Å². The largest absolute Gasteiger partial charge is 0.462 e. The lowest BCUT2D eigenvalue weighted by atomic mass is 9.98. The molecule has 0 aromatic rings. The average molecular weight is 301 g/mol. The van der Waals surface area contributed by atoms with E-state index in [2.05, 4.69) is 5.32 Å². The van der Waals surface area contributed by atoms with Gasteiger partial charge in [-0.25, -0.2) is 4.79 Å². The number of ether oxygens (including phenoxy) is 4. The first-order chi connectivity index (χ1) is 9.69. The molecule has 21 heavy (non-hydrogen) atoms. The van der Waals surface area contributed by atoms with Crippen LogP contribution in [0.25, 0.3) is 0 Å². The van der Waals surface area contributed by atoms with Crippen molar-refractivity contribution in [3.05, 3.63) is 0 Å². The molecule has 2 saturated heterocycles. The predicted molar refractivity (Wildman–Crippen MR) is 67.9 cm³/mol. The van der Waals surface area contributed by atoms with Gasteiger partial charge in [0, 0.05) is 13.8 Å². The van der Waals surface area contributed by atoms with Gasteiger partial charge >= 0.3 is 11.9 Å². The number of hydrogen-bond donors (Lipinski definition) is 1. The summed E-state index contributed by atoms with van der Waals surface area (Å²) >= 11 is 0. The maximum absolute atomic E-state index is 12.0. The monoisotopic (exact) mass is 301 g/mol. The molecule has 8 nitrogen and oxygen atoms in total. The standard InChI is InChI=1S/C13H19NO7/c1-6(15)14-9-11-10(20-13(3,4)21-11)8(19-12(9)17)5-18-7(2)16/h8-11H,5H2,1-4H3,(H,14,15)/t8?,9-,10+,11?/m1/s1. The molecule has 4 atom stereocenters. The Kier molecular flexibility index (Phi) is 4.20. The molecule has 2 fully saturated rings. The van der Waals surface area contributed by atoms with Crippen molar-refractivity contribution in [3.63, 3.8) is 0 Å². The topological polar surface area (TPSA) is 100 Å². The number of cyclic esters (lactones) is 1. The van der Waals surface area contributed by atoms with Crippen LogP contribution in [0.1, 0.15) is 27.7 Å². The van der Waals surface area contributed by atoms with Crippen LogP contribution in [0.2, 0.25) is 0 Å². The van der Waals surface area contributed by atoms with Crippen LogP contribution in [0.3, 0.4) is 0 Å². The Morgan fingerprint density at radius 3 is 2.43 bits per heavy atom. The summed E-state index contributed by atoms with van der Waals surface area (Å²) in [5.41, 5.74) is 0. The van der Waals surface area contributed by atoms with Crippen molar-refractivity contribution >= 4 is 17.8 Å². The number of nitrogens with one attached hydrogen (secondary N) is 1. The van der Waals surface area contributed by atoms with Crippen LogP contribution in [-0.2, 0) is 33.3 Å². The van der Waals surface area contributed by atoms with E-state index in [-0.39, 0.29) is 12.5 Å². The third kappa shape index (κ3) is 3.51. The van der Waals surface area contributed by atoms with E-state index in [0.717, 1.165) is 0 Å². The van der Waals surface area contributed by atoms with E-state index in [1.807, 2.05) is 0 Å². The Balaban J connectivity index is 2.17. The van der Waals surface area contributed by atoms with Crippen LogP contribution in [0, 0.1) is 0 Å². The molecular formula is C13H19NO7. The van der Waals surface area contributed by atoms with Gasteiger partial charge in [0.1, 0.15) is 18.8 Å². The predicted octanol–water partition coefficient (Wildman–Crippen LogP) is -0.500. The molecule has 0 saturated carbocycles. The molecule has 0 spiro atoms. The summed E-state index contributed by atoms with van der Waals surface area (Å²) < 4.78 is 21.5. The minimum absolute atomic E-state index is 0.117. The van der Waals surface area contributed by atoms with E-state index in [0.29, 0.717) is 0 Å². The summed E-state index contributed by atoms with van der Waals surface area (Å²) in [6.45, 7) is 5.84. The van der Waals surface area contributed by atoms with Gasteiger partial charge in [-0.2, -0.15) is 0 Å². The van der Waals surface area contributed by atoms with Gasteiger partial charge in [-0.15, -0.1) is 0 Å². The van der Waals surface area contributed by atoms with Crippen molar-refractivity contribution in [2.75, 3.05) is 6.61 Å². The second-order valence-corrected chi connectivity index (χ2v) is 5.52. The first-order valence-corrected chi connectivity index (χ1v) is 6.66. The highest BCUT2D eigenvalue weighted by molar-refractivity contribution is 5.84. The average Bonchev–Trinajstić information content (AvgIpc) is 2.66. The van der Waals surface area contributed by atoms with Gasteiger partial charge in [-0.1, -0.05) is 0 Å². The fourth-order valence-electron chi connectivity index (χ4n) is 2.47. The van der Waals surface area contributed by atoms with E-state index < -0.39 is 42.1 Å². The zero-order valence-electron chi connectivity index (χ0n) is 12.4. The quantitative estimate of drug-likeness (QED) is 0.701. The van der Waals surface area contributed by atoms with Crippen LogP contribution in [0.4, 0.5) is 0 Å². The number of fused-ring (bicyclic) bond motifs is 1. The van der Waals surface area contributed by atoms with Crippen LogP contribution < -0.4 is 5.32 Å². The Labute approximate surface area is 122 Å². The highest BCUT2D eigenvalue weighted by Crippen LogP contribution is 2.36. The minimum atomic E-state index is -0.942. The van der Waals surface area contributed by atoms with Crippen molar-refractivity contribution in [2.24, 2.45) is 0 Å². The van der Waals surface area contributed by atoms with Gasteiger partial charge in [-0.3, -0.25) is 9.59 Å². The molecule has 2 unspecified atom stereocenters. The number of carbonyl (C=O) groups excluding carboxylic acids is 3. The first kappa shape index (κ1) is 15.7. The summed E-state index contributed by atoms with van der Waals surface area (Å²) in [6.07, 6.45) is -2.07. The Morgan fingerprint density at radius 1 is 1.24 bits per heavy atom. The molecule has 1 N–H and O–H groups in total. The van der Waals surface area contributed by atoms with Gasteiger partial charge in [0.05, 0.1) is 0 Å². The van der Waals surface area contributed by atoms with Crippen LogP contribution in [-0.4, -0.2) is 54.6 Å². The number of hydrogen-bond acceptors (Lipinski definition) is 7. The number of amides is 1. The molecule has 0 radical (unpaired) electrons. The second-order valence-electron chi connectivity index (χ2n) is 5.52. The SMILES string of the molecule is CC(=O)N[C@H]1C(=O)OC(COC(C)=O)[C@@H]2OC(C)(C)OC21. The highest BCUT2D eigenvalue weighted by Gasteiger charge is 2.56. The molecule has 8 heteroatoms. The summed E-state index contributed by atoms with van der Waals surface area (Å²) in [7, 11) is 0. The molecule has 0 aliphatic carbocycles. The maximum Gasteiger partial charge on any atom is 0.331 e. The van der Waals surface area contributed by atoms with E-state index in [1.165, 1.54) is 13.8 Å². The lowest BCUT2D eigenvalue weighted by Crippen LogP contribution is -2.61. The molecule has 0 aromatic carbocycles. The lowest BCUT2D eigenvalue weighted by Gasteiger charge is -2.35. The summed E-state index contributed by atoms with van der Waals surface area (Å²) in [6, 6.07) is -0.942. The zero-order chi connectivity index (χ0) is 15.8. The maximum atomic E-state index is 12.0. The molecule has 118 valence electrons. The second kappa shape index (κ2) is 5.61. The fourth-order valence-corrected chi connectivity index (χ4v) is 2.47. The van der Waals surface area contributed by atoms with Gasteiger partial charge in [0.15, 0.2) is 17.9 Å². The molecule has 2 aliphatic rings. The molecule has 2 rings (SSSR count). The Hall–Kier alpha value is -1.67. The summed E-state index contributed by atoms with van der Waals surface area (Å²) in [4.78, 5) is 34.2. The molecule has 1 amide bonds. The van der Waals surface area contributed by atoms with E-state index >= 15 is 0 Å². The summed E-state index contributed by atoms with van der Waals surface area (Å²) in [5.74, 6) is -2.41. The van der Waals surface area contributed by atoms with Crippen molar-refractivity contribution in [1.82, 2.24) is 5.32 Å². The summed E-state index contributed by atoms with van der Waals surface area (Å²) in [5, 5.41) is 2.50.